The van der Waals surface area contributed by atoms with Gasteiger partial charge in [-0.2, -0.15) is 0 Å². The maximum atomic E-state index is 12.5. The van der Waals surface area contributed by atoms with E-state index in [1.807, 2.05) is 6.08 Å². The Morgan fingerprint density at radius 1 is 0.307 bits per heavy atom. The summed E-state index contributed by atoms with van der Waals surface area (Å²) < 4.78 is 0. The van der Waals surface area contributed by atoms with Gasteiger partial charge >= 0.3 is 0 Å². The van der Waals surface area contributed by atoms with Gasteiger partial charge in [0.15, 0.2) is 0 Å². The van der Waals surface area contributed by atoms with E-state index in [2.05, 4.69) is 19.2 Å². The number of amides is 1. The summed E-state index contributed by atoms with van der Waals surface area (Å²) in [6.45, 7) is 4.37. The molecule has 0 aromatic heterocycles. The molecule has 1 amide bonds. The van der Waals surface area contributed by atoms with Gasteiger partial charge in [0.25, 0.3) is 0 Å². The zero-order valence-electron chi connectivity index (χ0n) is 51.9. The van der Waals surface area contributed by atoms with Gasteiger partial charge < -0.3 is 15.5 Å². The van der Waals surface area contributed by atoms with Gasteiger partial charge in [-0.05, 0) is 19.3 Å². The molecule has 2 unspecified atom stereocenters. The van der Waals surface area contributed by atoms with Gasteiger partial charge in [0.05, 0.1) is 18.8 Å². The summed E-state index contributed by atoms with van der Waals surface area (Å²) in [5.41, 5.74) is 0. The fraction of sp³-hybridized carbons (Fsp3) is 0.958. The predicted molar refractivity (Wildman–Crippen MR) is 336 cm³/mol. The second-order valence-corrected chi connectivity index (χ2v) is 24.7. The maximum Gasteiger partial charge on any atom is 0.220 e. The Balaban J connectivity index is 3.38. The zero-order valence-corrected chi connectivity index (χ0v) is 51.9. The average Bonchev–Trinajstić information content (AvgIpc) is 3.41. The Morgan fingerprint density at radius 3 is 0.693 bits per heavy atom. The third-order valence-electron chi connectivity index (χ3n) is 17.0. The summed E-state index contributed by atoms with van der Waals surface area (Å²) in [5.74, 6) is -0.0528. The molecule has 0 rings (SSSR count). The molecule has 0 aromatic rings. The van der Waals surface area contributed by atoms with Crippen molar-refractivity contribution in [2.75, 3.05) is 6.61 Å². The molecular formula is C71H141NO3. The normalized spacial score (nSPS) is 12.6. The molecule has 0 aliphatic carbocycles. The highest BCUT2D eigenvalue weighted by molar-refractivity contribution is 5.76. The Morgan fingerprint density at radius 2 is 0.493 bits per heavy atom. The summed E-state index contributed by atoms with van der Waals surface area (Å²) in [6.07, 6.45) is 90.3. The fourth-order valence-electron chi connectivity index (χ4n) is 11.7. The highest BCUT2D eigenvalue weighted by Crippen LogP contribution is 2.20. The lowest BCUT2D eigenvalue weighted by atomic mass is 10.0. The van der Waals surface area contributed by atoms with Crippen LogP contribution in [0.1, 0.15) is 418 Å². The van der Waals surface area contributed by atoms with Crippen molar-refractivity contribution in [3.63, 3.8) is 0 Å². The van der Waals surface area contributed by atoms with Crippen molar-refractivity contribution in [2.24, 2.45) is 0 Å². The monoisotopic (exact) mass is 1060 g/mol. The van der Waals surface area contributed by atoms with E-state index in [1.165, 1.54) is 372 Å². The molecule has 0 aliphatic heterocycles. The van der Waals surface area contributed by atoms with Crippen LogP contribution in [0.2, 0.25) is 0 Å². The van der Waals surface area contributed by atoms with Gasteiger partial charge in [-0.3, -0.25) is 4.79 Å². The third kappa shape index (κ3) is 63.8. The molecule has 0 aromatic carbocycles. The molecule has 0 saturated carbocycles. The minimum absolute atomic E-state index is 0.0528. The second-order valence-electron chi connectivity index (χ2n) is 24.7. The minimum Gasteiger partial charge on any atom is -0.394 e. The van der Waals surface area contributed by atoms with Crippen molar-refractivity contribution in [3.8, 4) is 0 Å². The number of rotatable bonds is 67. The highest BCUT2D eigenvalue weighted by Gasteiger charge is 2.18. The number of carbonyl (C=O) groups is 1. The molecule has 0 aliphatic rings. The van der Waals surface area contributed by atoms with Crippen molar-refractivity contribution < 1.29 is 15.0 Å². The van der Waals surface area contributed by atoms with E-state index in [0.29, 0.717) is 6.42 Å². The largest absolute Gasteiger partial charge is 0.394 e. The first-order valence-electron chi connectivity index (χ1n) is 35.4. The molecule has 0 fully saturated rings. The number of aliphatic hydroxyl groups is 2. The molecule has 0 spiro atoms. The lowest BCUT2D eigenvalue weighted by Crippen LogP contribution is -2.45. The van der Waals surface area contributed by atoms with Gasteiger partial charge in [0.1, 0.15) is 0 Å². The summed E-state index contributed by atoms with van der Waals surface area (Å²) in [4.78, 5) is 12.5. The van der Waals surface area contributed by atoms with Crippen molar-refractivity contribution in [3.05, 3.63) is 12.2 Å². The number of nitrogens with one attached hydrogen (secondary N) is 1. The van der Waals surface area contributed by atoms with Crippen LogP contribution < -0.4 is 5.32 Å². The van der Waals surface area contributed by atoms with Gasteiger partial charge in [0.2, 0.25) is 5.91 Å². The summed E-state index contributed by atoms with van der Waals surface area (Å²) in [5, 5.41) is 23.3. The molecule has 3 N–H and O–H groups in total. The van der Waals surface area contributed by atoms with E-state index < -0.39 is 12.1 Å². The van der Waals surface area contributed by atoms with Gasteiger partial charge in [-0.1, -0.05) is 405 Å². The average molecular weight is 1060 g/mol. The van der Waals surface area contributed by atoms with E-state index in [-0.39, 0.29) is 12.5 Å². The Labute approximate surface area is 473 Å². The van der Waals surface area contributed by atoms with Crippen LogP contribution in [0.4, 0.5) is 0 Å². The SMILES string of the molecule is CCCCCCCCCCCCCCCCCCCCCCCCCCCC/C=C/C(O)C(CO)NC(=O)CCCCCCCCCCCCCCCCCCCCCCCCCCCCCCCCCCCCC. The number of aliphatic hydroxyl groups excluding tert-OH is 2. The third-order valence-corrected chi connectivity index (χ3v) is 17.0. The van der Waals surface area contributed by atoms with E-state index >= 15 is 0 Å². The number of allylic oxidation sites excluding steroid dienone is 1. The Bertz CT molecular complexity index is 1060. The summed E-state index contributed by atoms with van der Waals surface area (Å²) in [7, 11) is 0. The number of unbranched alkanes of at least 4 members (excludes halogenated alkanes) is 60. The number of hydrogen-bond donors (Lipinski definition) is 3. The van der Waals surface area contributed by atoms with Crippen LogP contribution in [0.5, 0.6) is 0 Å². The lowest BCUT2D eigenvalue weighted by Gasteiger charge is -2.20. The first-order valence-corrected chi connectivity index (χ1v) is 35.4. The maximum absolute atomic E-state index is 12.5. The summed E-state index contributed by atoms with van der Waals surface area (Å²) >= 11 is 0. The topological polar surface area (TPSA) is 69.6 Å². The van der Waals surface area contributed by atoms with Crippen molar-refractivity contribution in [2.45, 2.75) is 431 Å². The molecule has 4 heteroatoms. The molecule has 0 bridgehead atoms. The molecule has 448 valence electrons. The van der Waals surface area contributed by atoms with Crippen molar-refractivity contribution in [1.29, 1.82) is 0 Å². The first-order chi connectivity index (χ1) is 37.2. The predicted octanol–water partition coefficient (Wildman–Crippen LogP) is 24.0. The Hall–Kier alpha value is -0.870. The van der Waals surface area contributed by atoms with E-state index in [1.54, 1.807) is 6.08 Å². The Kier molecular flexibility index (Phi) is 66.6. The number of hydrogen-bond acceptors (Lipinski definition) is 3. The fourth-order valence-corrected chi connectivity index (χ4v) is 11.7. The zero-order chi connectivity index (χ0) is 54.1. The van der Waals surface area contributed by atoms with Gasteiger partial charge in [0, 0.05) is 6.42 Å². The van der Waals surface area contributed by atoms with Crippen LogP contribution in [0, 0.1) is 0 Å². The van der Waals surface area contributed by atoms with Crippen LogP contribution in [-0.4, -0.2) is 34.9 Å². The van der Waals surface area contributed by atoms with E-state index in [9.17, 15) is 15.0 Å². The van der Waals surface area contributed by atoms with Crippen LogP contribution in [-0.2, 0) is 4.79 Å². The first kappa shape index (κ1) is 74.1. The van der Waals surface area contributed by atoms with Crippen LogP contribution in [0.3, 0.4) is 0 Å². The highest BCUT2D eigenvalue weighted by atomic mass is 16.3. The van der Waals surface area contributed by atoms with Crippen LogP contribution in [0.25, 0.3) is 0 Å². The lowest BCUT2D eigenvalue weighted by molar-refractivity contribution is -0.123. The van der Waals surface area contributed by atoms with Crippen LogP contribution >= 0.6 is 0 Å². The van der Waals surface area contributed by atoms with E-state index in [4.69, 9.17) is 0 Å². The summed E-state index contributed by atoms with van der Waals surface area (Å²) in [6, 6.07) is -0.620. The smallest absolute Gasteiger partial charge is 0.220 e. The van der Waals surface area contributed by atoms with Crippen molar-refractivity contribution in [1.82, 2.24) is 5.32 Å². The quantitative estimate of drug-likeness (QED) is 0.0420. The van der Waals surface area contributed by atoms with Gasteiger partial charge in [-0.15, -0.1) is 0 Å². The van der Waals surface area contributed by atoms with Crippen LogP contribution in [0.15, 0.2) is 12.2 Å². The standard InChI is InChI=1S/C71H141NO3/c1-3-5-7-9-11-13-15-17-19-21-23-25-27-29-31-33-34-35-36-37-38-39-41-43-45-47-49-51-53-55-57-59-61-63-65-67-71(75)72-69(68-73)70(74)66-64-62-60-58-56-54-52-50-48-46-44-42-40-32-30-28-26-24-22-20-18-16-14-12-10-8-6-4-2/h64,66,69-70,73-74H,3-63,65,67-68H2,1-2H3,(H,72,75)/b66-64+. The molecule has 0 radical (unpaired) electrons. The molecule has 2 atom stereocenters. The molecule has 75 heavy (non-hydrogen) atoms. The second kappa shape index (κ2) is 67.4. The molecule has 0 saturated heterocycles. The molecule has 0 heterocycles. The minimum atomic E-state index is -0.837. The van der Waals surface area contributed by atoms with Crippen molar-refractivity contribution >= 4 is 5.91 Å². The van der Waals surface area contributed by atoms with E-state index in [0.717, 1.165) is 25.7 Å². The molecule has 4 nitrogen and oxygen atoms in total. The van der Waals surface area contributed by atoms with Gasteiger partial charge in [-0.25, -0.2) is 0 Å². The number of carbonyl (C=O) groups excluding carboxylic acids is 1. The molecular weight excluding hydrogens is 915 g/mol.